The van der Waals surface area contributed by atoms with E-state index in [2.05, 4.69) is 19.5 Å². The molecule has 33 heavy (non-hydrogen) atoms. The van der Waals surface area contributed by atoms with Gasteiger partial charge in [-0.15, -0.1) is 0 Å². The van der Waals surface area contributed by atoms with Crippen LogP contribution in [0.5, 0.6) is 0 Å². The molecule has 4 N–H and O–H groups in total. The molecule has 3 unspecified atom stereocenters. The molecule has 13 nitrogen and oxygen atoms in total. The number of aromatic amines is 1. The van der Waals surface area contributed by atoms with Crippen LogP contribution < -0.4 is 11.3 Å². The van der Waals surface area contributed by atoms with Crippen molar-refractivity contribution in [3.63, 3.8) is 0 Å². The predicted octanol–water partition coefficient (Wildman–Crippen LogP) is 2.30. The first-order chi connectivity index (χ1) is 15.8. The van der Waals surface area contributed by atoms with Crippen LogP contribution in [0, 0.1) is 0 Å². The van der Waals surface area contributed by atoms with Crippen LogP contribution in [0.3, 0.4) is 0 Å². The van der Waals surface area contributed by atoms with Gasteiger partial charge in [0.1, 0.15) is 12.8 Å². The molecule has 0 saturated heterocycles. The van der Waals surface area contributed by atoms with Crippen molar-refractivity contribution < 1.29 is 32.7 Å². The lowest BCUT2D eigenvalue weighted by molar-refractivity contribution is -0.0924. The van der Waals surface area contributed by atoms with Crippen LogP contribution in [0.25, 0.3) is 11.2 Å². The van der Waals surface area contributed by atoms with E-state index in [-0.39, 0.29) is 37.1 Å². The Bertz CT molecular complexity index is 891. The van der Waals surface area contributed by atoms with Crippen molar-refractivity contribution >= 4 is 24.9 Å². The van der Waals surface area contributed by atoms with Crippen molar-refractivity contribution in [2.45, 2.75) is 60.0 Å². The van der Waals surface area contributed by atoms with Crippen LogP contribution in [0.2, 0.25) is 0 Å². The minimum atomic E-state index is -4.27. The summed E-state index contributed by atoms with van der Waals surface area (Å²) >= 11 is 0. The molecule has 0 amide bonds. The van der Waals surface area contributed by atoms with E-state index < -0.39 is 25.6 Å². The van der Waals surface area contributed by atoms with Crippen LogP contribution in [0.4, 0.5) is 5.95 Å². The Morgan fingerprint density at radius 3 is 2.45 bits per heavy atom. The standard InChI is InChI=1S/C15H26N5O8P.2C2H6/c1-4-10(11(7-26-6-5-24-2)28-29(22,23)25-3)27-9-20-8-17-12-13(20)18-15(16)19-14(12)21;2*1-2/h8,10-11H,4-7,9H2,1-3H3,(H,22,23)(H3,16,18,19,21);2*1-2H3. The summed E-state index contributed by atoms with van der Waals surface area (Å²) in [5.74, 6) is -0.0506. The van der Waals surface area contributed by atoms with Crippen LogP contribution in [-0.2, 0) is 34.6 Å². The summed E-state index contributed by atoms with van der Waals surface area (Å²) in [6.45, 7) is 10.4. The van der Waals surface area contributed by atoms with E-state index in [0.29, 0.717) is 13.0 Å². The van der Waals surface area contributed by atoms with E-state index >= 15 is 0 Å². The predicted molar refractivity (Wildman–Crippen MR) is 125 cm³/mol. The van der Waals surface area contributed by atoms with Gasteiger partial charge >= 0.3 is 7.82 Å². The first-order valence-electron chi connectivity index (χ1n) is 10.8. The molecular weight excluding hydrogens is 457 g/mol. The van der Waals surface area contributed by atoms with Gasteiger partial charge in [-0.1, -0.05) is 34.6 Å². The summed E-state index contributed by atoms with van der Waals surface area (Å²) in [5, 5.41) is 0. The van der Waals surface area contributed by atoms with Crippen LogP contribution in [-0.4, -0.2) is 70.7 Å². The minimum absolute atomic E-state index is 0.0225. The van der Waals surface area contributed by atoms with Gasteiger partial charge in [0.15, 0.2) is 11.2 Å². The van der Waals surface area contributed by atoms with Crippen molar-refractivity contribution in [1.29, 1.82) is 0 Å². The topological polar surface area (TPSA) is 173 Å². The number of ether oxygens (including phenoxy) is 3. The Kier molecular flexibility index (Phi) is 15.8. The molecule has 14 heteroatoms. The summed E-state index contributed by atoms with van der Waals surface area (Å²) in [6.07, 6.45) is 0.287. The van der Waals surface area contributed by atoms with E-state index in [4.69, 9.17) is 24.5 Å². The summed E-state index contributed by atoms with van der Waals surface area (Å²) in [6, 6.07) is 0. The Morgan fingerprint density at radius 2 is 1.88 bits per heavy atom. The summed E-state index contributed by atoms with van der Waals surface area (Å²) < 4.78 is 39.3. The number of rotatable bonds is 13. The molecule has 0 aliphatic rings. The van der Waals surface area contributed by atoms with Crippen molar-refractivity contribution in [3.05, 3.63) is 16.7 Å². The molecule has 0 fully saturated rings. The van der Waals surface area contributed by atoms with Gasteiger partial charge in [-0.3, -0.25) is 23.4 Å². The fourth-order valence-electron chi connectivity index (χ4n) is 2.49. The number of H-pyrrole nitrogens is 1. The number of phosphoric ester groups is 1. The third kappa shape index (κ3) is 10.3. The molecule has 3 atom stereocenters. The number of imidazole rings is 1. The van der Waals surface area contributed by atoms with Gasteiger partial charge in [0.2, 0.25) is 5.95 Å². The van der Waals surface area contributed by atoms with Gasteiger partial charge in [-0.25, -0.2) is 9.55 Å². The second-order valence-corrected chi connectivity index (χ2v) is 7.46. The number of fused-ring (bicyclic) bond motifs is 1. The third-order valence-electron chi connectivity index (χ3n) is 3.95. The molecule has 0 aromatic carbocycles. The first-order valence-corrected chi connectivity index (χ1v) is 12.3. The molecule has 2 aromatic heterocycles. The van der Waals surface area contributed by atoms with Crippen molar-refractivity contribution in [1.82, 2.24) is 19.5 Å². The van der Waals surface area contributed by atoms with Crippen molar-refractivity contribution in [2.24, 2.45) is 0 Å². The fourth-order valence-corrected chi connectivity index (χ4v) is 3.12. The number of phosphoric acid groups is 1. The lowest BCUT2D eigenvalue weighted by atomic mass is 10.1. The first kappa shape index (κ1) is 31.1. The Balaban J connectivity index is 0.00000242. The highest BCUT2D eigenvalue weighted by atomic mass is 31.2. The Labute approximate surface area is 194 Å². The average molecular weight is 496 g/mol. The molecule has 2 aromatic rings. The summed E-state index contributed by atoms with van der Waals surface area (Å²) in [5.41, 5.74) is 5.48. The van der Waals surface area contributed by atoms with E-state index in [1.807, 2.05) is 34.6 Å². The van der Waals surface area contributed by atoms with E-state index in [9.17, 15) is 14.3 Å². The molecule has 2 rings (SSSR count). The zero-order valence-electron chi connectivity index (χ0n) is 20.4. The number of hydrogen-bond acceptors (Lipinski definition) is 10. The van der Waals surface area contributed by atoms with Gasteiger partial charge in [0, 0.05) is 14.2 Å². The number of nitrogens with two attached hydrogens (primary N) is 1. The summed E-state index contributed by atoms with van der Waals surface area (Å²) in [4.78, 5) is 32.0. The van der Waals surface area contributed by atoms with E-state index in [0.717, 1.165) is 7.11 Å². The maximum Gasteiger partial charge on any atom is 0.472 e. The Morgan fingerprint density at radius 1 is 1.21 bits per heavy atom. The molecule has 192 valence electrons. The number of aromatic nitrogens is 4. The molecule has 0 spiro atoms. The van der Waals surface area contributed by atoms with Gasteiger partial charge in [-0.05, 0) is 6.42 Å². The highest BCUT2D eigenvalue weighted by Gasteiger charge is 2.31. The van der Waals surface area contributed by atoms with Gasteiger partial charge in [0.25, 0.3) is 5.56 Å². The maximum absolute atomic E-state index is 11.9. The third-order valence-corrected chi connectivity index (χ3v) is 4.95. The van der Waals surface area contributed by atoms with Gasteiger partial charge in [-0.2, -0.15) is 4.98 Å². The molecule has 0 radical (unpaired) electrons. The SMILES string of the molecule is CC.CC.CCC(OCn1cnc2c(=O)[nH]c(N)nc21)C(COCCOC)OP(=O)(O)OC. The second-order valence-electron chi connectivity index (χ2n) is 5.94. The molecule has 0 aliphatic carbocycles. The van der Waals surface area contributed by atoms with E-state index in [1.54, 1.807) is 0 Å². The average Bonchev–Trinajstić information content (AvgIpc) is 3.22. The largest absolute Gasteiger partial charge is 0.472 e. The quantitative estimate of drug-likeness (QED) is 0.275. The lowest BCUT2D eigenvalue weighted by Crippen LogP contribution is -2.35. The highest BCUT2D eigenvalue weighted by molar-refractivity contribution is 7.47. The second kappa shape index (κ2) is 16.7. The van der Waals surface area contributed by atoms with E-state index in [1.165, 1.54) is 18.0 Å². The van der Waals surface area contributed by atoms with Gasteiger partial charge < -0.3 is 24.8 Å². The lowest BCUT2D eigenvalue weighted by Gasteiger charge is -2.27. The number of anilines is 1. The Hall–Kier alpha value is -1.86. The van der Waals surface area contributed by atoms with Crippen LogP contribution in [0.15, 0.2) is 11.1 Å². The minimum Gasteiger partial charge on any atom is -0.382 e. The van der Waals surface area contributed by atoms with Gasteiger partial charge in [0.05, 0.1) is 32.3 Å². The van der Waals surface area contributed by atoms with Crippen molar-refractivity contribution in [2.75, 3.05) is 39.8 Å². The molecule has 2 heterocycles. The zero-order chi connectivity index (χ0) is 25.4. The number of nitrogens with one attached hydrogen (secondary N) is 1. The summed E-state index contributed by atoms with van der Waals surface area (Å²) in [7, 11) is -1.68. The molecule has 0 bridgehead atoms. The maximum atomic E-state index is 11.9. The van der Waals surface area contributed by atoms with Crippen molar-refractivity contribution in [3.8, 4) is 0 Å². The van der Waals surface area contributed by atoms with Crippen LogP contribution >= 0.6 is 7.82 Å². The van der Waals surface area contributed by atoms with Crippen LogP contribution in [0.1, 0.15) is 41.0 Å². The normalized spacial score (nSPS) is 14.4. The zero-order valence-corrected chi connectivity index (χ0v) is 21.3. The highest BCUT2D eigenvalue weighted by Crippen LogP contribution is 2.44. The fraction of sp³-hybridized carbons (Fsp3) is 0.737. The number of hydrogen-bond donors (Lipinski definition) is 3. The number of nitrogen functional groups attached to an aromatic ring is 1. The number of methoxy groups -OCH3 is 1. The smallest absolute Gasteiger partial charge is 0.382 e. The molecule has 0 saturated carbocycles. The monoisotopic (exact) mass is 495 g/mol. The molecule has 0 aliphatic heterocycles. The molecular formula is C19H38N5O8P. The number of nitrogens with zero attached hydrogens (tertiary/aromatic N) is 3.